The van der Waals surface area contributed by atoms with Crippen LogP contribution in [0.1, 0.15) is 149 Å². The lowest BCUT2D eigenvalue weighted by molar-refractivity contribution is -0.870. The molecule has 0 aliphatic heterocycles. The Morgan fingerprint density at radius 3 is 1.73 bits per heavy atom. The largest absolute Gasteiger partial charge is 0.472 e. The molecular weight excluding hydrogens is 765 g/mol. The highest BCUT2D eigenvalue weighted by Crippen LogP contribution is 2.43. The number of carbonyl (C=O) groups excluding carboxylic acids is 2. The zero-order chi connectivity index (χ0) is 43.7. The second kappa shape index (κ2) is 39.3. The Bertz CT molecular complexity index is 1300. The van der Waals surface area contributed by atoms with Gasteiger partial charge in [0.15, 0.2) is 6.10 Å². The summed E-state index contributed by atoms with van der Waals surface area (Å²) in [5.41, 5.74) is 0. The van der Waals surface area contributed by atoms with Gasteiger partial charge in [-0.15, -0.1) is 0 Å². The summed E-state index contributed by atoms with van der Waals surface area (Å²) < 4.78 is 34.1. The fourth-order valence-electron chi connectivity index (χ4n) is 5.43. The summed E-state index contributed by atoms with van der Waals surface area (Å²) in [5, 5.41) is 10.3. The van der Waals surface area contributed by atoms with E-state index >= 15 is 0 Å². The van der Waals surface area contributed by atoms with Crippen molar-refractivity contribution in [2.24, 2.45) is 0 Å². The molecule has 0 aliphatic rings. The molecule has 11 heteroatoms. The first-order valence-corrected chi connectivity index (χ1v) is 23.9. The monoisotopic (exact) mass is 849 g/mol. The van der Waals surface area contributed by atoms with E-state index < -0.39 is 38.6 Å². The lowest BCUT2D eigenvalue weighted by atomic mass is 10.1. The summed E-state index contributed by atoms with van der Waals surface area (Å²) >= 11 is 0. The number of nitrogens with zero attached hydrogens (tertiary/aromatic N) is 1. The Morgan fingerprint density at radius 2 is 1.12 bits per heavy atom. The number of rotatable bonds is 39. The summed E-state index contributed by atoms with van der Waals surface area (Å²) in [6, 6.07) is 0. The van der Waals surface area contributed by atoms with Crippen molar-refractivity contribution in [3.63, 3.8) is 0 Å². The number of aliphatic hydroxyl groups excluding tert-OH is 1. The van der Waals surface area contributed by atoms with Crippen molar-refractivity contribution in [1.82, 2.24) is 0 Å². The second-order valence-electron chi connectivity index (χ2n) is 15.9. The number of esters is 2. The molecule has 0 radical (unpaired) electrons. The molecule has 1 unspecified atom stereocenters. The minimum Gasteiger partial charge on any atom is -0.462 e. The number of unbranched alkanes of at least 4 members (excludes halogenated alkanes) is 10. The minimum absolute atomic E-state index is 0.0115. The van der Waals surface area contributed by atoms with Crippen molar-refractivity contribution >= 4 is 19.8 Å². The van der Waals surface area contributed by atoms with Gasteiger partial charge in [0.25, 0.3) is 0 Å². The first-order valence-electron chi connectivity index (χ1n) is 22.4. The zero-order valence-electron chi connectivity index (χ0n) is 37.6. The Balaban J connectivity index is 4.65. The average Bonchev–Trinajstić information content (AvgIpc) is 3.18. The first-order chi connectivity index (χ1) is 28.4. The van der Waals surface area contributed by atoms with Crippen LogP contribution in [0.15, 0.2) is 85.1 Å². The topological polar surface area (TPSA) is 129 Å². The molecule has 0 aromatic heterocycles. The summed E-state index contributed by atoms with van der Waals surface area (Å²) in [4.78, 5) is 35.4. The molecule has 10 nitrogen and oxygen atoms in total. The SMILES string of the molecule is CCCCC/C=C\C/C=C\C/C=C\C=C\[C@@H](O)CCCC(=O)OC[C@H](COP(=O)(O)OCC[N+](C)(C)C)OC(=O)CCC/C=C\C/C=C\C/C=C\CCCCCCCC. The number of likely N-dealkylation sites (N-methyl/N-ethyl adjacent to an activating group) is 1. The van der Waals surface area contributed by atoms with Crippen molar-refractivity contribution in [3.05, 3.63) is 85.1 Å². The van der Waals surface area contributed by atoms with E-state index in [0.717, 1.165) is 38.5 Å². The van der Waals surface area contributed by atoms with E-state index in [9.17, 15) is 24.2 Å². The van der Waals surface area contributed by atoms with Crippen molar-refractivity contribution in [3.8, 4) is 0 Å². The fraction of sp³-hybridized carbons (Fsp3) is 0.667. The first kappa shape index (κ1) is 56.1. The fourth-order valence-corrected chi connectivity index (χ4v) is 6.17. The van der Waals surface area contributed by atoms with E-state index in [1.807, 2.05) is 39.4 Å². The number of ether oxygens (including phenoxy) is 2. The molecule has 0 aromatic rings. The van der Waals surface area contributed by atoms with Gasteiger partial charge in [0.05, 0.1) is 33.9 Å². The molecule has 0 saturated heterocycles. The molecule has 0 bridgehead atoms. The maximum Gasteiger partial charge on any atom is 0.472 e. The Morgan fingerprint density at radius 1 is 0.610 bits per heavy atom. The number of quaternary nitrogens is 1. The van der Waals surface area contributed by atoms with Crippen molar-refractivity contribution in [1.29, 1.82) is 0 Å². The molecule has 0 aliphatic carbocycles. The van der Waals surface area contributed by atoms with Crippen LogP contribution >= 0.6 is 7.82 Å². The maximum absolute atomic E-state index is 12.7. The highest BCUT2D eigenvalue weighted by atomic mass is 31.2. The van der Waals surface area contributed by atoms with Crippen LogP contribution in [0.3, 0.4) is 0 Å². The molecule has 338 valence electrons. The summed E-state index contributed by atoms with van der Waals surface area (Å²) in [5.74, 6) is -1.07. The van der Waals surface area contributed by atoms with Crippen LogP contribution in [-0.4, -0.2) is 86.1 Å². The summed E-state index contributed by atoms with van der Waals surface area (Å²) in [7, 11) is 1.33. The minimum atomic E-state index is -4.44. The van der Waals surface area contributed by atoms with E-state index in [0.29, 0.717) is 36.7 Å². The molecule has 0 fully saturated rings. The Hall–Kier alpha value is -2.85. The van der Waals surface area contributed by atoms with Gasteiger partial charge in [-0.2, -0.15) is 0 Å². The Labute approximate surface area is 359 Å². The van der Waals surface area contributed by atoms with Gasteiger partial charge in [-0.1, -0.05) is 144 Å². The van der Waals surface area contributed by atoms with Crippen molar-refractivity contribution in [2.45, 2.75) is 161 Å². The number of phosphoric ester groups is 1. The quantitative estimate of drug-likeness (QED) is 0.0155. The molecule has 0 rings (SSSR count). The molecule has 59 heavy (non-hydrogen) atoms. The van der Waals surface area contributed by atoms with Gasteiger partial charge in [-0.05, 0) is 77.0 Å². The number of hydrogen-bond acceptors (Lipinski definition) is 8. The average molecular weight is 849 g/mol. The maximum atomic E-state index is 12.7. The summed E-state index contributed by atoms with van der Waals surface area (Å²) in [6.45, 7) is 4.08. The van der Waals surface area contributed by atoms with Gasteiger partial charge >= 0.3 is 19.8 Å². The molecule has 0 heterocycles. The van der Waals surface area contributed by atoms with Gasteiger partial charge in [0.2, 0.25) is 0 Å². The number of phosphoric acid groups is 1. The van der Waals surface area contributed by atoms with Crippen molar-refractivity contribution in [2.75, 3.05) is 47.5 Å². The van der Waals surface area contributed by atoms with E-state index in [1.54, 1.807) is 12.2 Å². The third-order valence-corrected chi connectivity index (χ3v) is 9.99. The summed E-state index contributed by atoms with van der Waals surface area (Å²) in [6.07, 6.45) is 46.7. The van der Waals surface area contributed by atoms with E-state index in [-0.39, 0.29) is 26.1 Å². The lowest BCUT2D eigenvalue weighted by Gasteiger charge is -2.24. The molecule has 3 atom stereocenters. The number of carbonyl (C=O) groups is 2. The van der Waals surface area contributed by atoms with Crippen molar-refractivity contribution < 1.29 is 47.2 Å². The van der Waals surface area contributed by atoms with E-state index in [4.69, 9.17) is 18.5 Å². The third-order valence-electron chi connectivity index (χ3n) is 9.00. The lowest BCUT2D eigenvalue weighted by Crippen LogP contribution is -2.37. The van der Waals surface area contributed by atoms with E-state index in [1.165, 1.54) is 57.8 Å². The van der Waals surface area contributed by atoms with Gasteiger partial charge in [0, 0.05) is 12.8 Å². The van der Waals surface area contributed by atoms with Crippen LogP contribution in [0.25, 0.3) is 0 Å². The van der Waals surface area contributed by atoms with Crippen LogP contribution < -0.4 is 0 Å². The highest BCUT2D eigenvalue weighted by molar-refractivity contribution is 7.47. The van der Waals surface area contributed by atoms with Crippen LogP contribution in [0.5, 0.6) is 0 Å². The van der Waals surface area contributed by atoms with Gasteiger partial charge in [0.1, 0.15) is 19.8 Å². The van der Waals surface area contributed by atoms with Gasteiger partial charge < -0.3 is 24.0 Å². The van der Waals surface area contributed by atoms with Crippen LogP contribution in [0.4, 0.5) is 0 Å². The number of hydrogen-bond donors (Lipinski definition) is 2. The van der Waals surface area contributed by atoms with E-state index in [2.05, 4.69) is 68.5 Å². The standard InChI is InChI=1S/C48H82NO9P/c1-6-8-10-12-14-16-18-20-21-22-23-25-27-29-31-33-35-39-48(52)58-46(44-57-59(53,54)56-42-41-49(3,4)5)43-55-47(51)40-36-38-45(50)37-34-32-30-28-26-24-19-17-15-13-11-9-7-2/h15,17,20-21,23-26,29-32,34,37,45-46,50H,6-14,16,18-19,22,27-28,33,35-36,38-44H2,1-5H3/p+1/b17-15-,21-20-,25-23-,26-24-,31-29-,32-30-,37-34+/t45-,46-/m1/s1. The predicted molar refractivity (Wildman–Crippen MR) is 244 cm³/mol. The molecule has 0 aromatic carbocycles. The molecule has 0 spiro atoms. The molecule has 2 N–H and O–H groups in total. The molecular formula is C48H83NO9P+. The van der Waals surface area contributed by atoms with Crippen LogP contribution in [0, 0.1) is 0 Å². The number of allylic oxidation sites excluding steroid dienone is 13. The van der Waals surface area contributed by atoms with Crippen LogP contribution in [-0.2, 0) is 32.7 Å². The third kappa shape index (κ3) is 43.1. The van der Waals surface area contributed by atoms with Gasteiger partial charge in [-0.25, -0.2) is 4.57 Å². The second-order valence-corrected chi connectivity index (χ2v) is 17.4. The van der Waals surface area contributed by atoms with Gasteiger partial charge in [-0.3, -0.25) is 18.6 Å². The molecule has 0 saturated carbocycles. The van der Waals surface area contributed by atoms with Crippen LogP contribution in [0.2, 0.25) is 0 Å². The predicted octanol–water partition coefficient (Wildman–Crippen LogP) is 11.8. The normalized spacial score (nSPS) is 14.9. The smallest absolute Gasteiger partial charge is 0.462 e. The Kier molecular flexibility index (Phi) is 37.4. The molecule has 0 amide bonds. The highest BCUT2D eigenvalue weighted by Gasteiger charge is 2.27. The number of aliphatic hydroxyl groups is 1. The zero-order valence-corrected chi connectivity index (χ0v) is 38.5.